The molecular weight excluding hydrogens is 174 g/mol. The molecule has 0 saturated heterocycles. The first-order chi connectivity index (χ1) is 6.70. The van der Waals surface area contributed by atoms with Crippen LogP contribution in [0.15, 0.2) is 6.20 Å². The molecule has 78 valence electrons. The lowest BCUT2D eigenvalue weighted by Crippen LogP contribution is -2.06. The van der Waals surface area contributed by atoms with E-state index in [1.165, 1.54) is 0 Å². The maximum atomic E-state index is 6.04. The maximum absolute atomic E-state index is 6.04. The average Bonchev–Trinajstić information content (AvgIpc) is 2.17. The second-order valence-electron chi connectivity index (χ2n) is 3.56. The fourth-order valence-electron chi connectivity index (χ4n) is 1.61. The standard InChI is InChI=1S/C11H19N3/c1-3-5-8-7-14-11(13)9(6-4-2)10(8)12/h7H,3-6H2,1-2H3,(H4,12,13,14). The molecule has 1 heterocycles. The van der Waals surface area contributed by atoms with Crippen LogP contribution in [-0.2, 0) is 12.8 Å². The summed E-state index contributed by atoms with van der Waals surface area (Å²) in [6, 6.07) is 0. The first kappa shape index (κ1) is 10.8. The van der Waals surface area contributed by atoms with E-state index in [1.807, 2.05) is 0 Å². The van der Waals surface area contributed by atoms with Crippen LogP contribution in [0.1, 0.15) is 37.8 Å². The van der Waals surface area contributed by atoms with Crippen molar-refractivity contribution in [2.24, 2.45) is 0 Å². The lowest BCUT2D eigenvalue weighted by molar-refractivity contribution is 0.890. The Hall–Kier alpha value is -1.25. The molecule has 1 rings (SSSR count). The van der Waals surface area contributed by atoms with E-state index >= 15 is 0 Å². The van der Waals surface area contributed by atoms with Gasteiger partial charge in [0.05, 0.1) is 0 Å². The number of nitrogen functional groups attached to an aromatic ring is 2. The molecule has 1 aromatic heterocycles. The average molecular weight is 193 g/mol. The molecule has 0 aromatic carbocycles. The lowest BCUT2D eigenvalue weighted by Gasteiger charge is -2.11. The number of aryl methyl sites for hydroxylation is 1. The molecule has 0 spiro atoms. The van der Waals surface area contributed by atoms with Crippen molar-refractivity contribution < 1.29 is 0 Å². The van der Waals surface area contributed by atoms with E-state index in [0.717, 1.165) is 42.5 Å². The van der Waals surface area contributed by atoms with Gasteiger partial charge in [0.25, 0.3) is 0 Å². The molecule has 0 unspecified atom stereocenters. The molecule has 3 nitrogen and oxygen atoms in total. The zero-order chi connectivity index (χ0) is 10.6. The number of aromatic nitrogens is 1. The minimum absolute atomic E-state index is 0.587. The molecular formula is C11H19N3. The number of nitrogens with zero attached hydrogens (tertiary/aromatic N) is 1. The Labute approximate surface area is 85.5 Å². The topological polar surface area (TPSA) is 64.9 Å². The van der Waals surface area contributed by atoms with Crippen LogP contribution in [0.25, 0.3) is 0 Å². The van der Waals surface area contributed by atoms with E-state index in [2.05, 4.69) is 18.8 Å². The van der Waals surface area contributed by atoms with Gasteiger partial charge >= 0.3 is 0 Å². The van der Waals surface area contributed by atoms with Gasteiger partial charge in [-0.1, -0.05) is 26.7 Å². The summed E-state index contributed by atoms with van der Waals surface area (Å²) in [5.41, 5.74) is 14.8. The van der Waals surface area contributed by atoms with Gasteiger partial charge < -0.3 is 11.5 Å². The smallest absolute Gasteiger partial charge is 0.128 e. The van der Waals surface area contributed by atoms with Crippen LogP contribution in [-0.4, -0.2) is 4.98 Å². The Morgan fingerprint density at radius 2 is 1.79 bits per heavy atom. The molecule has 0 bridgehead atoms. The highest BCUT2D eigenvalue weighted by Gasteiger charge is 2.08. The van der Waals surface area contributed by atoms with Gasteiger partial charge in [0.15, 0.2) is 0 Å². The molecule has 4 N–H and O–H groups in total. The Morgan fingerprint density at radius 1 is 1.14 bits per heavy atom. The van der Waals surface area contributed by atoms with Crippen LogP contribution >= 0.6 is 0 Å². The number of nitrogens with two attached hydrogens (primary N) is 2. The molecule has 3 heteroatoms. The second kappa shape index (κ2) is 4.84. The van der Waals surface area contributed by atoms with Gasteiger partial charge in [0.2, 0.25) is 0 Å². The number of hydrogen-bond donors (Lipinski definition) is 2. The Bertz CT molecular complexity index is 308. The van der Waals surface area contributed by atoms with Crippen molar-refractivity contribution in [2.45, 2.75) is 39.5 Å². The Morgan fingerprint density at radius 3 is 2.36 bits per heavy atom. The van der Waals surface area contributed by atoms with E-state index in [0.29, 0.717) is 5.82 Å². The summed E-state index contributed by atoms with van der Waals surface area (Å²) in [5, 5.41) is 0. The van der Waals surface area contributed by atoms with Crippen molar-refractivity contribution in [3.05, 3.63) is 17.3 Å². The molecule has 0 aliphatic carbocycles. The van der Waals surface area contributed by atoms with Crippen LogP contribution in [0.2, 0.25) is 0 Å². The van der Waals surface area contributed by atoms with Gasteiger partial charge in [-0.15, -0.1) is 0 Å². The molecule has 1 aromatic rings. The van der Waals surface area contributed by atoms with Crippen molar-refractivity contribution in [1.82, 2.24) is 4.98 Å². The van der Waals surface area contributed by atoms with Crippen molar-refractivity contribution >= 4 is 11.5 Å². The van der Waals surface area contributed by atoms with E-state index < -0.39 is 0 Å². The van der Waals surface area contributed by atoms with Crippen molar-refractivity contribution in [3.63, 3.8) is 0 Å². The fourth-order valence-corrected chi connectivity index (χ4v) is 1.61. The summed E-state index contributed by atoms with van der Waals surface area (Å²) >= 11 is 0. The second-order valence-corrected chi connectivity index (χ2v) is 3.56. The number of rotatable bonds is 4. The van der Waals surface area contributed by atoms with E-state index in [-0.39, 0.29) is 0 Å². The van der Waals surface area contributed by atoms with Gasteiger partial charge in [-0.3, -0.25) is 0 Å². The largest absolute Gasteiger partial charge is 0.398 e. The molecule has 0 aliphatic rings. The van der Waals surface area contributed by atoms with Gasteiger partial charge in [0.1, 0.15) is 5.82 Å². The third-order valence-corrected chi connectivity index (χ3v) is 2.36. The molecule has 0 radical (unpaired) electrons. The normalized spacial score (nSPS) is 10.4. The monoisotopic (exact) mass is 193 g/mol. The molecule has 0 atom stereocenters. The predicted molar refractivity (Wildman–Crippen MR) is 61.1 cm³/mol. The maximum Gasteiger partial charge on any atom is 0.128 e. The van der Waals surface area contributed by atoms with Gasteiger partial charge in [-0.05, 0) is 18.4 Å². The third kappa shape index (κ3) is 2.16. The van der Waals surface area contributed by atoms with Gasteiger partial charge in [0, 0.05) is 17.4 Å². The summed E-state index contributed by atoms with van der Waals surface area (Å²) < 4.78 is 0. The Kier molecular flexibility index (Phi) is 3.74. The minimum atomic E-state index is 0.587. The highest BCUT2D eigenvalue weighted by Crippen LogP contribution is 2.23. The van der Waals surface area contributed by atoms with Crippen LogP contribution in [0, 0.1) is 0 Å². The summed E-state index contributed by atoms with van der Waals surface area (Å²) in [5.74, 6) is 0.587. The molecule has 14 heavy (non-hydrogen) atoms. The third-order valence-electron chi connectivity index (χ3n) is 2.36. The molecule has 0 fully saturated rings. The zero-order valence-electron chi connectivity index (χ0n) is 9.01. The van der Waals surface area contributed by atoms with Crippen molar-refractivity contribution in [1.29, 1.82) is 0 Å². The number of pyridine rings is 1. The first-order valence-corrected chi connectivity index (χ1v) is 5.22. The minimum Gasteiger partial charge on any atom is -0.398 e. The number of hydrogen-bond acceptors (Lipinski definition) is 3. The SMILES string of the molecule is CCCc1cnc(N)c(CCC)c1N. The predicted octanol–water partition coefficient (Wildman–Crippen LogP) is 2.15. The van der Waals surface area contributed by atoms with Crippen LogP contribution in [0.3, 0.4) is 0 Å². The van der Waals surface area contributed by atoms with E-state index in [4.69, 9.17) is 11.5 Å². The lowest BCUT2D eigenvalue weighted by atomic mass is 10.0. The highest BCUT2D eigenvalue weighted by molar-refractivity contribution is 5.61. The molecule has 0 aliphatic heterocycles. The summed E-state index contributed by atoms with van der Waals surface area (Å²) in [7, 11) is 0. The Balaban J connectivity index is 3.05. The highest BCUT2D eigenvalue weighted by atomic mass is 14.8. The summed E-state index contributed by atoms with van der Waals surface area (Å²) in [6.07, 6.45) is 5.83. The van der Waals surface area contributed by atoms with E-state index in [1.54, 1.807) is 6.20 Å². The van der Waals surface area contributed by atoms with Crippen molar-refractivity contribution in [2.75, 3.05) is 11.5 Å². The van der Waals surface area contributed by atoms with Crippen LogP contribution in [0.4, 0.5) is 11.5 Å². The quantitative estimate of drug-likeness (QED) is 0.770. The zero-order valence-corrected chi connectivity index (χ0v) is 9.01. The van der Waals surface area contributed by atoms with Crippen LogP contribution < -0.4 is 11.5 Å². The number of anilines is 2. The van der Waals surface area contributed by atoms with E-state index in [9.17, 15) is 0 Å². The van der Waals surface area contributed by atoms with Crippen molar-refractivity contribution in [3.8, 4) is 0 Å². The van der Waals surface area contributed by atoms with Crippen LogP contribution in [0.5, 0.6) is 0 Å². The van der Waals surface area contributed by atoms with Gasteiger partial charge in [-0.2, -0.15) is 0 Å². The summed E-state index contributed by atoms with van der Waals surface area (Å²) in [6.45, 7) is 4.25. The summed E-state index contributed by atoms with van der Waals surface area (Å²) in [4.78, 5) is 4.17. The van der Waals surface area contributed by atoms with Gasteiger partial charge in [-0.25, -0.2) is 4.98 Å². The molecule has 0 amide bonds. The molecule has 0 saturated carbocycles. The first-order valence-electron chi connectivity index (χ1n) is 5.22. The fraction of sp³-hybridized carbons (Fsp3) is 0.545.